The quantitative estimate of drug-likeness (QED) is 0.792. The van der Waals surface area contributed by atoms with Crippen LogP contribution in [0.4, 0.5) is 0 Å². The van der Waals surface area contributed by atoms with Crippen LogP contribution in [-0.2, 0) is 17.8 Å². The van der Waals surface area contributed by atoms with Crippen LogP contribution in [-0.4, -0.2) is 52.1 Å². The van der Waals surface area contributed by atoms with Crippen molar-refractivity contribution in [1.82, 2.24) is 14.8 Å². The number of carbonyl (C=O) groups is 1. The zero-order valence-corrected chi connectivity index (χ0v) is 15.1. The van der Waals surface area contributed by atoms with Crippen LogP contribution in [0.15, 0.2) is 53.7 Å². The smallest absolute Gasteiger partial charge is 0.232 e. The first-order valence-corrected chi connectivity index (χ1v) is 9.89. The molecule has 0 aliphatic carbocycles. The first-order chi connectivity index (χ1) is 12.3. The number of pyridine rings is 1. The Hall–Kier alpha value is -1.85. The molecule has 25 heavy (non-hydrogen) atoms. The molecule has 0 spiro atoms. The van der Waals surface area contributed by atoms with Crippen LogP contribution in [0.3, 0.4) is 0 Å². The summed E-state index contributed by atoms with van der Waals surface area (Å²) in [6, 6.07) is 13.2. The van der Waals surface area contributed by atoms with Gasteiger partial charge in [-0.2, -0.15) is 0 Å². The SMILES string of the molecule is O=C(CSc1ccncc1)N1CC[C@H](N2CCc3ccccc3C2)C1. The number of fused-ring (bicyclic) bond motifs is 1. The first-order valence-electron chi connectivity index (χ1n) is 8.91. The number of hydrogen-bond acceptors (Lipinski definition) is 4. The highest BCUT2D eigenvalue weighted by Crippen LogP contribution is 2.25. The van der Waals surface area contributed by atoms with E-state index >= 15 is 0 Å². The lowest BCUT2D eigenvalue weighted by atomic mass is 9.98. The van der Waals surface area contributed by atoms with Gasteiger partial charge in [0.2, 0.25) is 5.91 Å². The molecule has 0 bridgehead atoms. The third-order valence-corrected chi connectivity index (χ3v) is 6.20. The van der Waals surface area contributed by atoms with Crippen molar-refractivity contribution in [3.05, 3.63) is 59.9 Å². The molecule has 4 rings (SSSR count). The molecule has 1 saturated heterocycles. The van der Waals surface area contributed by atoms with Gasteiger partial charge in [0.15, 0.2) is 0 Å². The van der Waals surface area contributed by atoms with Gasteiger partial charge in [0.1, 0.15) is 0 Å². The largest absolute Gasteiger partial charge is 0.340 e. The summed E-state index contributed by atoms with van der Waals surface area (Å²) < 4.78 is 0. The Morgan fingerprint density at radius 1 is 1.12 bits per heavy atom. The minimum atomic E-state index is 0.252. The summed E-state index contributed by atoms with van der Waals surface area (Å²) in [4.78, 5) is 22.2. The topological polar surface area (TPSA) is 36.4 Å². The monoisotopic (exact) mass is 353 g/mol. The van der Waals surface area contributed by atoms with E-state index in [0.717, 1.165) is 43.9 Å². The Balaban J connectivity index is 1.30. The molecule has 130 valence electrons. The highest BCUT2D eigenvalue weighted by atomic mass is 32.2. The molecule has 2 aromatic rings. The molecule has 1 amide bonds. The second kappa shape index (κ2) is 7.58. The van der Waals surface area contributed by atoms with Gasteiger partial charge < -0.3 is 4.90 Å². The van der Waals surface area contributed by atoms with Crippen molar-refractivity contribution < 1.29 is 4.79 Å². The molecular weight excluding hydrogens is 330 g/mol. The van der Waals surface area contributed by atoms with Crippen LogP contribution < -0.4 is 0 Å². The molecule has 0 unspecified atom stereocenters. The van der Waals surface area contributed by atoms with Crippen molar-refractivity contribution in [2.24, 2.45) is 0 Å². The van der Waals surface area contributed by atoms with Gasteiger partial charge >= 0.3 is 0 Å². The zero-order valence-electron chi connectivity index (χ0n) is 14.3. The van der Waals surface area contributed by atoms with Gasteiger partial charge in [-0.25, -0.2) is 0 Å². The lowest BCUT2D eigenvalue weighted by Crippen LogP contribution is -2.41. The highest BCUT2D eigenvalue weighted by Gasteiger charge is 2.31. The Kier molecular flexibility index (Phi) is 5.04. The molecule has 2 aliphatic heterocycles. The Bertz CT molecular complexity index is 737. The van der Waals surface area contributed by atoms with Crippen LogP contribution >= 0.6 is 11.8 Å². The molecular formula is C20H23N3OS. The zero-order chi connectivity index (χ0) is 17.1. The van der Waals surface area contributed by atoms with Crippen molar-refractivity contribution in [1.29, 1.82) is 0 Å². The van der Waals surface area contributed by atoms with Crippen molar-refractivity contribution in [3.63, 3.8) is 0 Å². The summed E-state index contributed by atoms with van der Waals surface area (Å²) in [5.74, 6) is 0.765. The normalized spacial score (nSPS) is 20.5. The summed E-state index contributed by atoms with van der Waals surface area (Å²) >= 11 is 1.60. The van der Waals surface area contributed by atoms with Crippen LogP contribution in [0, 0.1) is 0 Å². The molecule has 1 atom stereocenters. The van der Waals surface area contributed by atoms with E-state index < -0.39 is 0 Å². The van der Waals surface area contributed by atoms with E-state index in [9.17, 15) is 4.79 Å². The second-order valence-corrected chi connectivity index (χ2v) is 7.79. The van der Waals surface area contributed by atoms with E-state index in [1.54, 1.807) is 24.2 Å². The third kappa shape index (κ3) is 3.88. The Labute approximate surface area is 153 Å². The predicted octanol–water partition coefficient (Wildman–Crippen LogP) is 2.83. The third-order valence-electron chi connectivity index (χ3n) is 5.20. The highest BCUT2D eigenvalue weighted by molar-refractivity contribution is 8.00. The average Bonchev–Trinajstić information content (AvgIpc) is 3.17. The molecule has 2 aliphatic rings. The van der Waals surface area contributed by atoms with Crippen LogP contribution in [0.5, 0.6) is 0 Å². The fraction of sp³-hybridized carbons (Fsp3) is 0.400. The van der Waals surface area contributed by atoms with Crippen molar-refractivity contribution in [3.8, 4) is 0 Å². The summed E-state index contributed by atoms with van der Waals surface area (Å²) in [7, 11) is 0. The van der Waals surface area contributed by atoms with Crippen LogP contribution in [0.1, 0.15) is 17.5 Å². The molecule has 5 heteroatoms. The van der Waals surface area contributed by atoms with Gasteiger partial charge in [0.25, 0.3) is 0 Å². The minimum absolute atomic E-state index is 0.252. The van der Waals surface area contributed by atoms with E-state index in [-0.39, 0.29) is 5.91 Å². The van der Waals surface area contributed by atoms with Gasteiger partial charge in [0, 0.05) is 49.5 Å². The first kappa shape index (κ1) is 16.6. The fourth-order valence-corrected chi connectivity index (χ4v) is 4.55. The van der Waals surface area contributed by atoms with Crippen molar-refractivity contribution >= 4 is 17.7 Å². The maximum atomic E-state index is 12.5. The number of thioether (sulfide) groups is 1. The van der Waals surface area contributed by atoms with Gasteiger partial charge in [-0.1, -0.05) is 24.3 Å². The summed E-state index contributed by atoms with van der Waals surface area (Å²) in [6.07, 6.45) is 5.76. The molecule has 1 aromatic carbocycles. The lowest BCUT2D eigenvalue weighted by Gasteiger charge is -2.33. The molecule has 0 radical (unpaired) electrons. The standard InChI is InChI=1S/C20H23N3OS/c24-20(15-25-19-5-9-21-10-6-19)23-12-8-18(14-23)22-11-7-16-3-1-2-4-17(16)13-22/h1-6,9-10,18H,7-8,11-15H2/t18-/m0/s1. The van der Waals surface area contributed by atoms with E-state index in [1.165, 1.54) is 11.1 Å². The van der Waals surface area contributed by atoms with Crippen molar-refractivity contribution in [2.75, 3.05) is 25.4 Å². The van der Waals surface area contributed by atoms with Gasteiger partial charge in [0.05, 0.1) is 5.75 Å². The Morgan fingerprint density at radius 2 is 1.92 bits per heavy atom. The lowest BCUT2D eigenvalue weighted by molar-refractivity contribution is -0.127. The maximum absolute atomic E-state index is 12.5. The fourth-order valence-electron chi connectivity index (χ4n) is 3.77. The number of likely N-dealkylation sites (tertiary alicyclic amines) is 1. The minimum Gasteiger partial charge on any atom is -0.340 e. The summed E-state index contributed by atoms with van der Waals surface area (Å²) in [6.45, 7) is 3.89. The molecule has 3 heterocycles. The van der Waals surface area contributed by atoms with E-state index in [4.69, 9.17) is 0 Å². The second-order valence-electron chi connectivity index (χ2n) is 6.74. The number of carbonyl (C=O) groups excluding carboxylic acids is 1. The van der Waals surface area contributed by atoms with Crippen LogP contribution in [0.2, 0.25) is 0 Å². The molecule has 1 fully saturated rings. The number of hydrogen-bond donors (Lipinski definition) is 0. The summed E-state index contributed by atoms with van der Waals surface area (Å²) in [5.41, 5.74) is 2.94. The Morgan fingerprint density at radius 3 is 2.76 bits per heavy atom. The molecule has 0 saturated carbocycles. The van der Waals surface area contributed by atoms with Gasteiger partial charge in [-0.3, -0.25) is 14.7 Å². The number of rotatable bonds is 4. The number of aromatic nitrogens is 1. The number of amides is 1. The van der Waals surface area contributed by atoms with Gasteiger partial charge in [-0.15, -0.1) is 11.8 Å². The average molecular weight is 353 g/mol. The van der Waals surface area contributed by atoms with E-state index in [0.29, 0.717) is 11.8 Å². The van der Waals surface area contributed by atoms with E-state index in [2.05, 4.69) is 34.1 Å². The predicted molar refractivity (Wildman–Crippen MR) is 101 cm³/mol. The summed E-state index contributed by atoms with van der Waals surface area (Å²) in [5, 5.41) is 0. The molecule has 0 N–H and O–H groups in total. The number of nitrogens with zero attached hydrogens (tertiary/aromatic N) is 3. The molecule has 1 aromatic heterocycles. The maximum Gasteiger partial charge on any atom is 0.232 e. The van der Waals surface area contributed by atoms with Gasteiger partial charge in [-0.05, 0) is 36.1 Å². The van der Waals surface area contributed by atoms with Crippen LogP contribution in [0.25, 0.3) is 0 Å². The molecule has 4 nitrogen and oxygen atoms in total. The van der Waals surface area contributed by atoms with Crippen molar-refractivity contribution in [2.45, 2.75) is 30.3 Å². The van der Waals surface area contributed by atoms with E-state index in [1.807, 2.05) is 17.0 Å². The number of benzene rings is 1.